The van der Waals surface area contributed by atoms with Gasteiger partial charge < -0.3 is 14.4 Å². The lowest BCUT2D eigenvalue weighted by molar-refractivity contribution is 0.0920. The van der Waals surface area contributed by atoms with Gasteiger partial charge in [-0.05, 0) is 56.2 Å². The van der Waals surface area contributed by atoms with Crippen LogP contribution in [0, 0.1) is 13.8 Å². The van der Waals surface area contributed by atoms with E-state index in [9.17, 15) is 9.90 Å². The molecule has 7 heteroatoms. The van der Waals surface area contributed by atoms with E-state index < -0.39 is 0 Å². The number of Topliss-reactive ketones (excluding diaryl/α,β-unsaturated/α-hetero) is 1. The highest BCUT2D eigenvalue weighted by atomic mass is 16.5. The van der Waals surface area contributed by atoms with Crippen LogP contribution in [0.2, 0.25) is 0 Å². The number of hydrogen-bond donors (Lipinski definition) is 1. The van der Waals surface area contributed by atoms with Crippen LogP contribution in [0.5, 0.6) is 5.75 Å². The van der Waals surface area contributed by atoms with Gasteiger partial charge in [-0.25, -0.2) is 0 Å². The lowest BCUT2D eigenvalue weighted by atomic mass is 10.1. The SMILES string of the molecule is Cc1cc(C(=O)COc2ccc(CCO)cc2-n2nc3ccccc3n2)c(C)n1C. The monoisotopic (exact) mass is 404 g/mol. The first-order valence-corrected chi connectivity index (χ1v) is 9.83. The van der Waals surface area contributed by atoms with E-state index in [-0.39, 0.29) is 19.0 Å². The van der Waals surface area contributed by atoms with Crippen LogP contribution in [-0.2, 0) is 13.5 Å². The molecular weight excluding hydrogens is 380 g/mol. The lowest BCUT2D eigenvalue weighted by Crippen LogP contribution is -2.14. The molecule has 0 aliphatic heterocycles. The van der Waals surface area contributed by atoms with Crippen LogP contribution in [0.15, 0.2) is 48.5 Å². The van der Waals surface area contributed by atoms with E-state index in [1.54, 1.807) is 6.07 Å². The molecule has 0 radical (unpaired) electrons. The summed E-state index contributed by atoms with van der Waals surface area (Å²) >= 11 is 0. The highest BCUT2D eigenvalue weighted by Gasteiger charge is 2.17. The summed E-state index contributed by atoms with van der Waals surface area (Å²) in [6.07, 6.45) is 0.509. The molecule has 0 saturated heterocycles. The lowest BCUT2D eigenvalue weighted by Gasteiger charge is -2.12. The van der Waals surface area contributed by atoms with Crippen molar-refractivity contribution in [3.8, 4) is 11.4 Å². The Hall–Kier alpha value is -3.45. The van der Waals surface area contributed by atoms with Crippen LogP contribution in [-0.4, -0.2) is 43.7 Å². The molecule has 1 N–H and O–H groups in total. The molecule has 2 heterocycles. The number of carbonyl (C=O) groups excluding carboxylic acids is 1. The fourth-order valence-electron chi connectivity index (χ4n) is 3.45. The van der Waals surface area contributed by atoms with E-state index in [2.05, 4.69) is 10.2 Å². The van der Waals surface area contributed by atoms with Crippen LogP contribution in [0.3, 0.4) is 0 Å². The van der Waals surface area contributed by atoms with Crippen LogP contribution in [0.25, 0.3) is 16.7 Å². The number of aliphatic hydroxyl groups is 1. The van der Waals surface area contributed by atoms with Gasteiger partial charge in [0.15, 0.2) is 6.61 Å². The van der Waals surface area contributed by atoms with Gasteiger partial charge in [-0.3, -0.25) is 4.79 Å². The smallest absolute Gasteiger partial charge is 0.202 e. The number of hydrogen-bond acceptors (Lipinski definition) is 5. The summed E-state index contributed by atoms with van der Waals surface area (Å²) in [4.78, 5) is 14.3. The predicted molar refractivity (Wildman–Crippen MR) is 114 cm³/mol. The van der Waals surface area contributed by atoms with Crippen molar-refractivity contribution in [1.29, 1.82) is 0 Å². The second kappa shape index (κ2) is 8.12. The summed E-state index contributed by atoms with van der Waals surface area (Å²) in [7, 11) is 1.94. The Labute approximate surface area is 174 Å². The van der Waals surface area contributed by atoms with Gasteiger partial charge in [-0.2, -0.15) is 0 Å². The zero-order valence-electron chi connectivity index (χ0n) is 17.3. The van der Waals surface area contributed by atoms with Gasteiger partial charge in [0, 0.05) is 30.6 Å². The molecule has 2 aromatic carbocycles. The first-order valence-electron chi connectivity index (χ1n) is 9.83. The minimum Gasteiger partial charge on any atom is -0.483 e. The number of aromatic nitrogens is 4. The van der Waals surface area contributed by atoms with Crippen molar-refractivity contribution in [1.82, 2.24) is 19.6 Å². The summed E-state index contributed by atoms with van der Waals surface area (Å²) in [5.41, 5.74) is 5.70. The van der Waals surface area contributed by atoms with Gasteiger partial charge in [0.2, 0.25) is 5.78 Å². The number of carbonyl (C=O) groups is 1. The first-order chi connectivity index (χ1) is 14.5. The van der Waals surface area contributed by atoms with Gasteiger partial charge in [-0.1, -0.05) is 18.2 Å². The van der Waals surface area contributed by atoms with Crippen LogP contribution >= 0.6 is 0 Å². The largest absolute Gasteiger partial charge is 0.483 e. The highest BCUT2D eigenvalue weighted by Crippen LogP contribution is 2.25. The molecular formula is C23H24N4O3. The maximum atomic E-state index is 12.8. The number of aliphatic hydroxyl groups excluding tert-OH is 1. The van der Waals surface area contributed by atoms with E-state index >= 15 is 0 Å². The van der Waals surface area contributed by atoms with Crippen LogP contribution in [0.4, 0.5) is 0 Å². The number of nitrogens with zero attached hydrogens (tertiary/aromatic N) is 4. The molecule has 0 aliphatic carbocycles. The zero-order chi connectivity index (χ0) is 21.3. The van der Waals surface area contributed by atoms with E-state index in [0.29, 0.717) is 23.4 Å². The summed E-state index contributed by atoms with van der Waals surface area (Å²) in [5, 5.41) is 18.4. The summed E-state index contributed by atoms with van der Waals surface area (Å²) < 4.78 is 7.91. The molecule has 154 valence electrons. The second-order valence-corrected chi connectivity index (χ2v) is 7.31. The fourth-order valence-corrected chi connectivity index (χ4v) is 3.45. The van der Waals surface area contributed by atoms with Crippen molar-refractivity contribution in [2.24, 2.45) is 7.05 Å². The Morgan fingerprint density at radius 3 is 2.37 bits per heavy atom. The van der Waals surface area contributed by atoms with E-state index in [0.717, 1.165) is 28.0 Å². The number of fused-ring (bicyclic) bond motifs is 1. The van der Waals surface area contributed by atoms with Crippen molar-refractivity contribution >= 4 is 16.8 Å². The van der Waals surface area contributed by atoms with Gasteiger partial charge in [0.1, 0.15) is 22.5 Å². The zero-order valence-corrected chi connectivity index (χ0v) is 17.3. The number of rotatable bonds is 7. The first kappa shape index (κ1) is 19.8. The molecule has 2 aromatic heterocycles. The minimum absolute atomic E-state index is 0.0409. The molecule has 0 aliphatic rings. The Morgan fingerprint density at radius 2 is 1.77 bits per heavy atom. The molecule has 0 spiro atoms. The molecule has 7 nitrogen and oxygen atoms in total. The van der Waals surface area contributed by atoms with Crippen LogP contribution in [0.1, 0.15) is 27.3 Å². The molecule has 0 saturated carbocycles. The van der Waals surface area contributed by atoms with Gasteiger partial charge in [-0.15, -0.1) is 15.0 Å². The third-order valence-corrected chi connectivity index (χ3v) is 5.36. The Kier molecular flexibility index (Phi) is 5.37. The molecule has 4 rings (SSSR count). The van der Waals surface area contributed by atoms with E-state index in [1.807, 2.05) is 67.9 Å². The Bertz CT molecular complexity index is 1190. The minimum atomic E-state index is -0.0859. The van der Waals surface area contributed by atoms with Gasteiger partial charge in [0.05, 0.1) is 0 Å². The summed E-state index contributed by atoms with van der Waals surface area (Å²) in [5.74, 6) is 0.427. The van der Waals surface area contributed by atoms with E-state index in [4.69, 9.17) is 4.74 Å². The number of aryl methyl sites for hydroxylation is 1. The molecule has 4 aromatic rings. The average molecular weight is 404 g/mol. The average Bonchev–Trinajstić information content (AvgIpc) is 3.29. The Balaban J connectivity index is 1.65. The van der Waals surface area contributed by atoms with Crippen molar-refractivity contribution in [2.45, 2.75) is 20.3 Å². The predicted octanol–water partition coefficient (Wildman–Crippen LogP) is 3.17. The molecule has 0 atom stereocenters. The third-order valence-electron chi connectivity index (χ3n) is 5.36. The standard InChI is InChI=1S/C23H24N4O3/c1-15-12-18(16(2)26(15)3)22(29)14-30-23-9-8-17(10-11-28)13-21(23)27-24-19-6-4-5-7-20(19)25-27/h4-9,12-13,28H,10-11,14H2,1-3H3. The van der Waals surface area contributed by atoms with Crippen molar-refractivity contribution in [3.05, 3.63) is 71.0 Å². The normalized spacial score (nSPS) is 11.2. The van der Waals surface area contributed by atoms with E-state index in [1.165, 1.54) is 4.80 Å². The number of ether oxygens (including phenoxy) is 1. The molecule has 0 unspecified atom stereocenters. The van der Waals surface area contributed by atoms with Crippen LogP contribution < -0.4 is 4.74 Å². The maximum Gasteiger partial charge on any atom is 0.202 e. The van der Waals surface area contributed by atoms with Gasteiger partial charge >= 0.3 is 0 Å². The van der Waals surface area contributed by atoms with Gasteiger partial charge in [0.25, 0.3) is 0 Å². The molecule has 0 fully saturated rings. The van der Waals surface area contributed by atoms with Crippen molar-refractivity contribution in [2.75, 3.05) is 13.2 Å². The molecule has 0 bridgehead atoms. The fraction of sp³-hybridized carbons (Fsp3) is 0.261. The Morgan fingerprint density at radius 1 is 1.07 bits per heavy atom. The molecule has 0 amide bonds. The number of benzene rings is 2. The second-order valence-electron chi connectivity index (χ2n) is 7.31. The number of ketones is 1. The summed E-state index contributed by atoms with van der Waals surface area (Å²) in [6.45, 7) is 3.85. The highest BCUT2D eigenvalue weighted by molar-refractivity contribution is 5.98. The third kappa shape index (κ3) is 3.71. The molecule has 30 heavy (non-hydrogen) atoms. The topological polar surface area (TPSA) is 82.2 Å². The summed E-state index contributed by atoms with van der Waals surface area (Å²) in [6, 6.07) is 15.0. The van der Waals surface area contributed by atoms with Crippen molar-refractivity contribution in [3.63, 3.8) is 0 Å². The quantitative estimate of drug-likeness (QED) is 0.479. The van der Waals surface area contributed by atoms with Crippen molar-refractivity contribution < 1.29 is 14.6 Å². The maximum absolute atomic E-state index is 12.8.